The molecule has 1 heterocycles. The van der Waals surface area contributed by atoms with Crippen molar-refractivity contribution in [1.29, 1.82) is 0 Å². The number of rotatable bonds is 11. The van der Waals surface area contributed by atoms with Crippen LogP contribution in [0.5, 0.6) is 5.75 Å². The van der Waals surface area contributed by atoms with Crippen LogP contribution in [0.25, 0.3) is 0 Å². The highest BCUT2D eigenvalue weighted by Gasteiger charge is 2.23. The van der Waals surface area contributed by atoms with Crippen LogP contribution in [0, 0.1) is 0 Å². The lowest BCUT2D eigenvalue weighted by Crippen LogP contribution is -2.33. The number of anilines is 1. The Hall–Kier alpha value is -3.34. The molecular weight excluding hydrogens is 478 g/mol. The van der Waals surface area contributed by atoms with Gasteiger partial charge >= 0.3 is 0 Å². The maximum Gasteiger partial charge on any atom is 0.251 e. The fourth-order valence-electron chi connectivity index (χ4n) is 3.00. The van der Waals surface area contributed by atoms with Crippen molar-refractivity contribution >= 4 is 40.9 Å². The lowest BCUT2D eigenvalue weighted by atomic mass is 10.2. The maximum atomic E-state index is 12.7. The first-order valence-electron chi connectivity index (χ1n) is 10.2. The number of amides is 2. The number of aromatic nitrogens is 3. The van der Waals surface area contributed by atoms with Gasteiger partial charge in [0.05, 0.1) is 19.5 Å². The monoisotopic (exact) mass is 501 g/mol. The molecule has 0 bridgehead atoms. The van der Waals surface area contributed by atoms with Crippen LogP contribution >= 0.6 is 23.4 Å². The third-order valence-electron chi connectivity index (χ3n) is 4.67. The molecule has 0 aliphatic heterocycles. The van der Waals surface area contributed by atoms with Gasteiger partial charge in [0, 0.05) is 22.8 Å². The minimum Gasteiger partial charge on any atom is -0.497 e. The summed E-state index contributed by atoms with van der Waals surface area (Å²) in [6.45, 7) is 3.69. The Morgan fingerprint density at radius 3 is 2.53 bits per heavy atom. The molecule has 0 radical (unpaired) electrons. The number of carbonyl (C=O) groups excluding carboxylic acids is 2. The summed E-state index contributed by atoms with van der Waals surface area (Å²) in [6, 6.07) is 12.6. The molecule has 2 aromatic carbocycles. The van der Waals surface area contributed by atoms with Crippen LogP contribution in [-0.4, -0.2) is 51.2 Å². The lowest BCUT2D eigenvalue weighted by Gasteiger charge is -2.17. The Kier molecular flexibility index (Phi) is 9.08. The van der Waals surface area contributed by atoms with Crippen LogP contribution in [0.1, 0.15) is 22.2 Å². The molecule has 0 spiro atoms. The van der Waals surface area contributed by atoms with E-state index in [2.05, 4.69) is 27.4 Å². The van der Waals surface area contributed by atoms with Gasteiger partial charge in [0.1, 0.15) is 11.8 Å². The van der Waals surface area contributed by atoms with E-state index in [1.165, 1.54) is 11.8 Å². The minimum atomic E-state index is -0.806. The number of hydrogen-bond donors (Lipinski definition) is 3. The van der Waals surface area contributed by atoms with Crippen LogP contribution in [-0.2, 0) is 11.3 Å². The molecular formula is C23H24ClN5O4S. The Morgan fingerprint density at radius 1 is 1.21 bits per heavy atom. The van der Waals surface area contributed by atoms with Gasteiger partial charge in [-0.3, -0.25) is 9.59 Å². The zero-order valence-electron chi connectivity index (χ0n) is 18.4. The first kappa shape index (κ1) is 25.3. The first-order valence-corrected chi connectivity index (χ1v) is 11.6. The quantitative estimate of drug-likeness (QED) is 0.272. The number of nitrogens with one attached hydrogen (secondary N) is 2. The highest BCUT2D eigenvalue weighted by Crippen LogP contribution is 2.22. The molecule has 9 nitrogen and oxygen atoms in total. The van der Waals surface area contributed by atoms with Gasteiger partial charge in [0.25, 0.3) is 5.91 Å². The maximum absolute atomic E-state index is 12.7. The number of ether oxygens (including phenoxy) is 1. The summed E-state index contributed by atoms with van der Waals surface area (Å²) in [7, 11) is 1.54. The second kappa shape index (κ2) is 12.2. The van der Waals surface area contributed by atoms with Gasteiger partial charge < -0.3 is 25.0 Å². The van der Waals surface area contributed by atoms with Crippen molar-refractivity contribution < 1.29 is 19.4 Å². The number of thioether (sulfide) groups is 1. The molecule has 2 amide bonds. The highest BCUT2D eigenvalue weighted by atomic mass is 35.5. The first-order chi connectivity index (χ1) is 16.4. The topological polar surface area (TPSA) is 118 Å². The number of benzene rings is 2. The van der Waals surface area contributed by atoms with Crippen LogP contribution < -0.4 is 15.4 Å². The fraction of sp³-hybridized carbons (Fsp3) is 0.217. The van der Waals surface area contributed by atoms with E-state index in [1.54, 1.807) is 66.3 Å². The lowest BCUT2D eigenvalue weighted by molar-refractivity contribution is -0.113. The van der Waals surface area contributed by atoms with Crippen molar-refractivity contribution in [2.24, 2.45) is 0 Å². The number of nitrogens with zero attached hydrogens (tertiary/aromatic N) is 3. The Bertz CT molecular complexity index is 1140. The van der Waals surface area contributed by atoms with Gasteiger partial charge in [-0.05, 0) is 48.5 Å². The third-order valence-corrected chi connectivity index (χ3v) is 5.89. The SMILES string of the molecule is C=CCn1c(SCC(=O)Nc2ccc(Cl)cc2)nnc1[C@@H](CO)NC(=O)c1ccc(OC)cc1. The van der Waals surface area contributed by atoms with E-state index in [-0.39, 0.29) is 24.2 Å². The zero-order chi connectivity index (χ0) is 24.5. The van der Waals surface area contributed by atoms with E-state index in [4.69, 9.17) is 16.3 Å². The molecule has 0 saturated carbocycles. The molecule has 1 atom stereocenters. The average molecular weight is 502 g/mol. The number of carbonyl (C=O) groups is 2. The van der Waals surface area contributed by atoms with Crippen molar-refractivity contribution in [2.75, 3.05) is 24.8 Å². The van der Waals surface area contributed by atoms with Gasteiger partial charge in [-0.2, -0.15) is 0 Å². The normalized spacial score (nSPS) is 11.5. The molecule has 3 N–H and O–H groups in total. The summed E-state index contributed by atoms with van der Waals surface area (Å²) in [6.07, 6.45) is 1.64. The molecule has 0 saturated heterocycles. The Morgan fingerprint density at radius 2 is 1.91 bits per heavy atom. The molecule has 0 aliphatic rings. The smallest absolute Gasteiger partial charge is 0.251 e. The molecule has 178 valence electrons. The summed E-state index contributed by atoms with van der Waals surface area (Å²) in [5.41, 5.74) is 1.03. The van der Waals surface area contributed by atoms with E-state index in [1.807, 2.05) is 0 Å². The van der Waals surface area contributed by atoms with E-state index in [9.17, 15) is 14.7 Å². The van der Waals surface area contributed by atoms with Crippen LogP contribution in [0.2, 0.25) is 5.02 Å². The number of aliphatic hydroxyl groups is 1. The highest BCUT2D eigenvalue weighted by molar-refractivity contribution is 7.99. The molecule has 0 aliphatic carbocycles. The van der Waals surface area contributed by atoms with Crippen LogP contribution in [0.15, 0.2) is 66.3 Å². The molecule has 11 heteroatoms. The van der Waals surface area contributed by atoms with E-state index in [0.29, 0.717) is 39.5 Å². The predicted octanol–water partition coefficient (Wildman–Crippen LogP) is 3.32. The van der Waals surface area contributed by atoms with E-state index in [0.717, 1.165) is 0 Å². The standard InChI is InChI=1S/C23H24ClN5O4S/c1-3-12-29-21(19(13-30)26-22(32)15-4-10-18(33-2)11-5-15)27-28-23(29)34-14-20(31)25-17-8-6-16(24)7-9-17/h3-11,19,30H,1,12-14H2,2H3,(H,25,31)(H,26,32)/t19-/m1/s1. The van der Waals surface area contributed by atoms with E-state index < -0.39 is 6.04 Å². The molecule has 3 aromatic rings. The Balaban J connectivity index is 1.69. The summed E-state index contributed by atoms with van der Waals surface area (Å²) >= 11 is 7.04. The predicted molar refractivity (Wildman–Crippen MR) is 131 cm³/mol. The second-order valence-electron chi connectivity index (χ2n) is 7.02. The molecule has 0 fully saturated rings. The fourth-order valence-corrected chi connectivity index (χ4v) is 3.88. The largest absolute Gasteiger partial charge is 0.497 e. The Labute approximate surface area is 206 Å². The van der Waals surface area contributed by atoms with Crippen molar-refractivity contribution in [3.05, 3.63) is 77.6 Å². The van der Waals surface area contributed by atoms with Gasteiger partial charge in [-0.25, -0.2) is 0 Å². The van der Waals surface area contributed by atoms with Gasteiger partial charge in [0.15, 0.2) is 11.0 Å². The average Bonchev–Trinajstić information content (AvgIpc) is 3.25. The number of hydrogen-bond acceptors (Lipinski definition) is 7. The summed E-state index contributed by atoms with van der Waals surface area (Å²) in [5, 5.41) is 24.8. The number of halogens is 1. The van der Waals surface area contributed by atoms with Crippen molar-refractivity contribution in [2.45, 2.75) is 17.7 Å². The summed E-state index contributed by atoms with van der Waals surface area (Å²) in [5.74, 6) is 0.451. The minimum absolute atomic E-state index is 0.0832. The van der Waals surface area contributed by atoms with Crippen molar-refractivity contribution in [1.82, 2.24) is 20.1 Å². The van der Waals surface area contributed by atoms with Crippen molar-refractivity contribution in [3.8, 4) is 5.75 Å². The van der Waals surface area contributed by atoms with Crippen LogP contribution in [0.4, 0.5) is 5.69 Å². The molecule has 0 unspecified atom stereocenters. The van der Waals surface area contributed by atoms with Gasteiger partial charge in [-0.15, -0.1) is 16.8 Å². The summed E-state index contributed by atoms with van der Waals surface area (Å²) < 4.78 is 6.80. The number of methoxy groups -OCH3 is 1. The molecule has 3 rings (SSSR count). The third kappa shape index (κ3) is 6.60. The van der Waals surface area contributed by atoms with Crippen LogP contribution in [0.3, 0.4) is 0 Å². The van der Waals surface area contributed by atoms with Gasteiger partial charge in [0.2, 0.25) is 5.91 Å². The van der Waals surface area contributed by atoms with Crippen molar-refractivity contribution in [3.63, 3.8) is 0 Å². The molecule has 34 heavy (non-hydrogen) atoms. The number of allylic oxidation sites excluding steroid dienone is 1. The number of aliphatic hydroxyl groups excluding tert-OH is 1. The second-order valence-corrected chi connectivity index (χ2v) is 8.40. The molecule has 1 aromatic heterocycles. The van der Waals surface area contributed by atoms with E-state index >= 15 is 0 Å². The van der Waals surface area contributed by atoms with Gasteiger partial charge in [-0.1, -0.05) is 29.4 Å². The summed E-state index contributed by atoms with van der Waals surface area (Å²) in [4.78, 5) is 25.0. The zero-order valence-corrected chi connectivity index (χ0v) is 20.0.